The van der Waals surface area contributed by atoms with Gasteiger partial charge in [0, 0.05) is 19.1 Å². The molecule has 3 heteroatoms. The standard InChI is InChI=1S/C22H44N2O/c1-4-5-6-7-8-9-10-11-12-13-14-15-17-23-22(25)21-16-18-24(19-21)20(2)3/h20-21H,4-19H2,1-3H3,(H,23,25)/t21-/m0/s1. The quantitative estimate of drug-likeness (QED) is 0.393. The summed E-state index contributed by atoms with van der Waals surface area (Å²) in [6, 6.07) is 0.564. The van der Waals surface area contributed by atoms with Crippen LogP contribution in [-0.4, -0.2) is 36.5 Å². The molecule has 0 aromatic heterocycles. The first kappa shape index (κ1) is 22.5. The van der Waals surface area contributed by atoms with Gasteiger partial charge in [0.25, 0.3) is 0 Å². The van der Waals surface area contributed by atoms with E-state index in [1.807, 2.05) is 0 Å². The summed E-state index contributed by atoms with van der Waals surface area (Å²) in [4.78, 5) is 14.6. The van der Waals surface area contributed by atoms with Crippen LogP contribution >= 0.6 is 0 Å². The first-order valence-corrected chi connectivity index (χ1v) is 11.2. The molecule has 0 spiro atoms. The maximum Gasteiger partial charge on any atom is 0.224 e. The molecule has 0 bridgehead atoms. The van der Waals surface area contributed by atoms with Crippen molar-refractivity contribution in [2.24, 2.45) is 5.92 Å². The fourth-order valence-corrected chi connectivity index (χ4v) is 3.79. The molecule has 1 rings (SSSR count). The van der Waals surface area contributed by atoms with Gasteiger partial charge in [0.2, 0.25) is 5.91 Å². The summed E-state index contributed by atoms with van der Waals surface area (Å²) in [5, 5.41) is 3.15. The highest BCUT2D eigenvalue weighted by Gasteiger charge is 2.28. The van der Waals surface area contributed by atoms with Crippen LogP contribution in [0.1, 0.15) is 104 Å². The lowest BCUT2D eigenvalue weighted by molar-refractivity contribution is -0.124. The van der Waals surface area contributed by atoms with Gasteiger partial charge in [-0.15, -0.1) is 0 Å². The molecule has 1 saturated heterocycles. The van der Waals surface area contributed by atoms with Gasteiger partial charge < -0.3 is 10.2 Å². The van der Waals surface area contributed by atoms with E-state index in [2.05, 4.69) is 31.0 Å². The average molecular weight is 353 g/mol. The van der Waals surface area contributed by atoms with E-state index >= 15 is 0 Å². The van der Waals surface area contributed by atoms with Gasteiger partial charge in [-0.3, -0.25) is 4.79 Å². The fourth-order valence-electron chi connectivity index (χ4n) is 3.79. The Morgan fingerprint density at radius 3 is 1.92 bits per heavy atom. The molecule has 1 aliphatic heterocycles. The number of amides is 1. The van der Waals surface area contributed by atoms with E-state index in [1.54, 1.807) is 0 Å². The van der Waals surface area contributed by atoms with Gasteiger partial charge in [-0.25, -0.2) is 0 Å². The van der Waals surface area contributed by atoms with Crippen LogP contribution < -0.4 is 5.32 Å². The number of unbranched alkanes of at least 4 members (excludes halogenated alkanes) is 11. The van der Waals surface area contributed by atoms with Gasteiger partial charge in [0.15, 0.2) is 0 Å². The van der Waals surface area contributed by atoms with Crippen molar-refractivity contribution in [1.82, 2.24) is 10.2 Å². The van der Waals surface area contributed by atoms with Crippen LogP contribution in [0, 0.1) is 5.92 Å². The van der Waals surface area contributed by atoms with E-state index in [-0.39, 0.29) is 11.8 Å². The Kier molecular flexibility index (Phi) is 13.1. The predicted octanol–water partition coefficient (Wildman–Crippen LogP) is 5.53. The molecule has 1 N–H and O–H groups in total. The third-order valence-electron chi connectivity index (χ3n) is 5.65. The summed E-state index contributed by atoms with van der Waals surface area (Å²) < 4.78 is 0. The summed E-state index contributed by atoms with van der Waals surface area (Å²) in [5.74, 6) is 0.506. The molecule has 3 nitrogen and oxygen atoms in total. The minimum absolute atomic E-state index is 0.222. The van der Waals surface area contributed by atoms with Crippen LogP contribution in [0.4, 0.5) is 0 Å². The summed E-state index contributed by atoms with van der Waals surface area (Å²) in [6.45, 7) is 9.60. The third-order valence-corrected chi connectivity index (χ3v) is 5.65. The molecule has 1 fully saturated rings. The third kappa shape index (κ3) is 10.9. The molecule has 25 heavy (non-hydrogen) atoms. The van der Waals surface area contributed by atoms with Crippen LogP contribution in [0.2, 0.25) is 0 Å². The Hall–Kier alpha value is -0.570. The van der Waals surface area contributed by atoms with Gasteiger partial charge in [0.1, 0.15) is 0 Å². The average Bonchev–Trinajstić information content (AvgIpc) is 3.09. The van der Waals surface area contributed by atoms with Crippen molar-refractivity contribution >= 4 is 5.91 Å². The number of nitrogens with zero attached hydrogens (tertiary/aromatic N) is 1. The van der Waals surface area contributed by atoms with Crippen LogP contribution in [0.15, 0.2) is 0 Å². The number of hydrogen-bond acceptors (Lipinski definition) is 2. The molecule has 0 aromatic carbocycles. The topological polar surface area (TPSA) is 32.3 Å². The predicted molar refractivity (Wildman–Crippen MR) is 109 cm³/mol. The van der Waals surface area contributed by atoms with E-state index in [4.69, 9.17) is 0 Å². The first-order chi connectivity index (χ1) is 12.1. The molecule has 1 amide bonds. The Balaban J connectivity index is 1.83. The van der Waals surface area contributed by atoms with E-state index in [9.17, 15) is 4.79 Å². The van der Waals surface area contributed by atoms with Crippen LogP contribution in [0.25, 0.3) is 0 Å². The molecule has 148 valence electrons. The highest BCUT2D eigenvalue weighted by atomic mass is 16.1. The summed E-state index contributed by atoms with van der Waals surface area (Å²) in [5.41, 5.74) is 0. The van der Waals surface area contributed by atoms with Gasteiger partial charge in [-0.1, -0.05) is 77.6 Å². The summed E-state index contributed by atoms with van der Waals surface area (Å²) in [6.07, 6.45) is 17.4. The van der Waals surface area contributed by atoms with E-state index in [0.717, 1.165) is 32.5 Å². The van der Waals surface area contributed by atoms with Crippen molar-refractivity contribution in [3.63, 3.8) is 0 Å². The van der Waals surface area contributed by atoms with Crippen LogP contribution in [-0.2, 0) is 4.79 Å². The number of likely N-dealkylation sites (tertiary alicyclic amines) is 1. The number of nitrogens with one attached hydrogen (secondary N) is 1. The molecule has 0 unspecified atom stereocenters. The van der Waals surface area contributed by atoms with Gasteiger partial charge in [-0.05, 0) is 33.2 Å². The zero-order valence-corrected chi connectivity index (χ0v) is 17.3. The Morgan fingerprint density at radius 2 is 1.44 bits per heavy atom. The van der Waals surface area contributed by atoms with E-state index in [0.29, 0.717) is 6.04 Å². The maximum absolute atomic E-state index is 12.2. The Bertz CT molecular complexity index is 330. The molecule has 0 radical (unpaired) electrons. The lowest BCUT2D eigenvalue weighted by Gasteiger charge is -2.19. The van der Waals surface area contributed by atoms with Gasteiger partial charge >= 0.3 is 0 Å². The smallest absolute Gasteiger partial charge is 0.224 e. The zero-order chi connectivity index (χ0) is 18.3. The van der Waals surface area contributed by atoms with E-state index in [1.165, 1.54) is 70.6 Å². The van der Waals surface area contributed by atoms with Crippen molar-refractivity contribution in [2.45, 2.75) is 110 Å². The van der Waals surface area contributed by atoms with Crippen molar-refractivity contribution in [1.29, 1.82) is 0 Å². The number of rotatable bonds is 15. The van der Waals surface area contributed by atoms with Crippen LogP contribution in [0.5, 0.6) is 0 Å². The molecular weight excluding hydrogens is 308 g/mol. The fraction of sp³-hybridized carbons (Fsp3) is 0.955. The number of carbonyl (C=O) groups is 1. The lowest BCUT2D eigenvalue weighted by Crippen LogP contribution is -2.35. The zero-order valence-electron chi connectivity index (χ0n) is 17.3. The highest BCUT2D eigenvalue weighted by molar-refractivity contribution is 5.79. The Labute approximate surface area is 157 Å². The van der Waals surface area contributed by atoms with Crippen LogP contribution in [0.3, 0.4) is 0 Å². The molecule has 0 aromatic rings. The van der Waals surface area contributed by atoms with Crippen molar-refractivity contribution < 1.29 is 4.79 Å². The maximum atomic E-state index is 12.2. The minimum atomic E-state index is 0.222. The highest BCUT2D eigenvalue weighted by Crippen LogP contribution is 2.18. The summed E-state index contributed by atoms with van der Waals surface area (Å²) >= 11 is 0. The van der Waals surface area contributed by atoms with Crippen molar-refractivity contribution in [3.8, 4) is 0 Å². The SMILES string of the molecule is CCCCCCCCCCCCCCNC(=O)[C@H]1CCN(C(C)C)C1. The minimum Gasteiger partial charge on any atom is -0.356 e. The summed E-state index contributed by atoms with van der Waals surface area (Å²) in [7, 11) is 0. The number of carbonyl (C=O) groups excluding carboxylic acids is 1. The van der Waals surface area contributed by atoms with Gasteiger partial charge in [-0.2, -0.15) is 0 Å². The van der Waals surface area contributed by atoms with Gasteiger partial charge in [0.05, 0.1) is 5.92 Å². The Morgan fingerprint density at radius 1 is 0.920 bits per heavy atom. The van der Waals surface area contributed by atoms with Crippen molar-refractivity contribution in [2.75, 3.05) is 19.6 Å². The molecule has 1 atom stereocenters. The second-order valence-corrected chi connectivity index (χ2v) is 8.25. The second-order valence-electron chi connectivity index (χ2n) is 8.25. The molecule has 0 saturated carbocycles. The normalized spacial score (nSPS) is 18.2. The molecular formula is C22H44N2O. The lowest BCUT2D eigenvalue weighted by atomic mass is 10.1. The second kappa shape index (κ2) is 14.6. The molecule has 1 aliphatic rings. The molecule has 1 heterocycles. The van der Waals surface area contributed by atoms with E-state index < -0.39 is 0 Å². The molecule has 0 aliphatic carbocycles. The monoisotopic (exact) mass is 352 g/mol. The van der Waals surface area contributed by atoms with Crippen molar-refractivity contribution in [3.05, 3.63) is 0 Å². The number of hydrogen-bond donors (Lipinski definition) is 1. The first-order valence-electron chi connectivity index (χ1n) is 11.2. The largest absolute Gasteiger partial charge is 0.356 e.